The molecule has 0 aliphatic rings. The Labute approximate surface area is 127 Å². The van der Waals surface area contributed by atoms with Crippen LogP contribution in [0, 0.1) is 0 Å². The fraction of sp³-hybridized carbons (Fsp3) is 0.200. The zero-order chi connectivity index (χ0) is 20.3. The van der Waals surface area contributed by atoms with Crippen LogP contribution in [0.3, 0.4) is 0 Å². The van der Waals surface area contributed by atoms with E-state index in [4.69, 9.17) is 0 Å². The maximum absolute atomic E-state index is 12.8. The summed E-state index contributed by atoms with van der Waals surface area (Å²) in [4.78, 5) is 0. The minimum absolute atomic E-state index is 1.97. The van der Waals surface area contributed by atoms with Crippen LogP contribution in [0.4, 0.5) is 61.5 Å². The molecule has 0 saturated heterocycles. The third-order valence-electron chi connectivity index (χ3n) is 1.87. The highest BCUT2D eigenvalue weighted by Crippen LogP contribution is 2.42. The van der Waals surface area contributed by atoms with E-state index in [1.807, 2.05) is 4.74 Å². The summed E-state index contributed by atoms with van der Waals surface area (Å²) < 4.78 is 174. The van der Waals surface area contributed by atoms with Gasteiger partial charge in [0.05, 0.1) is 0 Å². The van der Waals surface area contributed by atoms with Crippen LogP contribution >= 0.6 is 0 Å². The number of rotatable bonds is 6. The third kappa shape index (κ3) is 5.47. The van der Waals surface area contributed by atoms with Gasteiger partial charge in [0.25, 0.3) is 0 Å². The van der Waals surface area contributed by atoms with E-state index in [0.717, 1.165) is 0 Å². The maximum Gasteiger partial charge on any atom is 0.417 e. The molecule has 0 aromatic heterocycles. The lowest BCUT2D eigenvalue weighted by Crippen LogP contribution is -2.35. The van der Waals surface area contributed by atoms with Crippen LogP contribution in [0.1, 0.15) is 0 Å². The van der Waals surface area contributed by atoms with E-state index in [1.165, 1.54) is 0 Å². The van der Waals surface area contributed by atoms with E-state index in [0.29, 0.717) is 0 Å². The Morgan fingerprint density at radius 2 is 0.680 bits per heavy atom. The van der Waals surface area contributed by atoms with Gasteiger partial charge in [0.15, 0.2) is 0 Å². The minimum Gasteiger partial charge on any atom is -0.243 e. The summed E-state index contributed by atoms with van der Waals surface area (Å²) in [6.07, 6.45) is -20.2. The van der Waals surface area contributed by atoms with E-state index in [1.54, 1.807) is 0 Å². The molecule has 0 radical (unpaired) electrons. The van der Waals surface area contributed by atoms with Crippen molar-refractivity contribution in [2.45, 2.75) is 12.2 Å². The van der Waals surface area contributed by atoms with Gasteiger partial charge in [-0.15, -0.1) is 0 Å². The van der Waals surface area contributed by atoms with Crippen LogP contribution in [0.15, 0.2) is 47.1 Å². The van der Waals surface area contributed by atoms with Gasteiger partial charge >= 0.3 is 24.4 Å². The van der Waals surface area contributed by atoms with Crippen LogP contribution in [-0.4, -0.2) is 12.2 Å². The second-order valence-electron chi connectivity index (χ2n) is 3.54. The molecular weight excluding hydrogens is 402 g/mol. The summed E-state index contributed by atoms with van der Waals surface area (Å²) in [6, 6.07) is 0. The van der Waals surface area contributed by atoms with Gasteiger partial charge in [-0.1, -0.05) is 0 Å². The lowest BCUT2D eigenvalue weighted by atomic mass is 10.3. The smallest absolute Gasteiger partial charge is 0.243 e. The Balaban J connectivity index is 5.98. The van der Waals surface area contributed by atoms with Crippen LogP contribution in [-0.2, 0) is 4.74 Å². The summed E-state index contributed by atoms with van der Waals surface area (Å²) in [5, 5.41) is 0. The topological polar surface area (TPSA) is 9.23 Å². The molecule has 0 unspecified atom stereocenters. The van der Waals surface area contributed by atoms with Crippen molar-refractivity contribution in [1.29, 1.82) is 0 Å². The molecule has 0 aliphatic carbocycles. The Hall–Kier alpha value is -2.06. The van der Waals surface area contributed by atoms with E-state index in [-0.39, 0.29) is 0 Å². The van der Waals surface area contributed by atoms with Crippen molar-refractivity contribution in [3.05, 3.63) is 47.1 Å². The summed E-state index contributed by atoms with van der Waals surface area (Å²) in [5.74, 6) is -22.8. The van der Waals surface area contributed by atoms with Crippen LogP contribution in [0.25, 0.3) is 0 Å². The molecule has 25 heavy (non-hydrogen) atoms. The SMILES string of the molecule is FC(F)=C(F)C(F)=C(F)C(F)(F)OC(F)(F)C(F)=C(F)C(F)=C(F)F. The van der Waals surface area contributed by atoms with Gasteiger partial charge in [-0.25, -0.2) is 13.5 Å². The Bertz CT molecular complexity index is 591. The molecule has 0 aliphatic heterocycles. The fourth-order valence-corrected chi connectivity index (χ4v) is 0.865. The largest absolute Gasteiger partial charge is 0.417 e. The normalized spacial score (nSPS) is 14.6. The molecule has 0 atom stereocenters. The summed E-state index contributed by atoms with van der Waals surface area (Å²) in [5.41, 5.74) is 0. The Morgan fingerprint density at radius 1 is 0.440 bits per heavy atom. The highest BCUT2D eigenvalue weighted by atomic mass is 19.3. The number of hydrogen-bond acceptors (Lipinski definition) is 1. The van der Waals surface area contributed by atoms with Crippen LogP contribution < -0.4 is 0 Å². The molecule has 0 rings (SSSR count). The van der Waals surface area contributed by atoms with Crippen LogP contribution in [0.2, 0.25) is 0 Å². The van der Waals surface area contributed by atoms with Crippen molar-refractivity contribution in [3.63, 3.8) is 0 Å². The molecule has 0 fully saturated rings. The molecule has 0 aromatic rings. The zero-order valence-corrected chi connectivity index (χ0v) is 10.7. The average Bonchev–Trinajstić information content (AvgIpc) is 2.48. The van der Waals surface area contributed by atoms with Crippen molar-refractivity contribution < 1.29 is 66.2 Å². The molecule has 15 heteroatoms. The molecular formula is C10F14O. The molecule has 0 N–H and O–H groups in total. The number of allylic oxidation sites excluding steroid dienone is 4. The van der Waals surface area contributed by atoms with E-state index >= 15 is 0 Å². The van der Waals surface area contributed by atoms with Gasteiger partial charge in [0, 0.05) is 0 Å². The van der Waals surface area contributed by atoms with Crippen molar-refractivity contribution >= 4 is 0 Å². The predicted octanol–water partition coefficient (Wildman–Crippen LogP) is 6.65. The minimum atomic E-state index is -6.41. The molecule has 1 nitrogen and oxygen atoms in total. The van der Waals surface area contributed by atoms with Gasteiger partial charge < -0.3 is 0 Å². The Kier molecular flexibility index (Phi) is 7.23. The molecule has 0 spiro atoms. The average molecular weight is 402 g/mol. The van der Waals surface area contributed by atoms with Gasteiger partial charge in [-0.3, -0.25) is 0 Å². The van der Waals surface area contributed by atoms with Crippen LogP contribution in [0.5, 0.6) is 0 Å². The summed E-state index contributed by atoms with van der Waals surface area (Å²) in [6.45, 7) is 0. The molecule has 0 saturated carbocycles. The number of alkyl halides is 4. The maximum atomic E-state index is 12.8. The monoisotopic (exact) mass is 402 g/mol. The van der Waals surface area contributed by atoms with Crippen molar-refractivity contribution in [2.24, 2.45) is 0 Å². The lowest BCUT2D eigenvalue weighted by Gasteiger charge is -2.21. The van der Waals surface area contributed by atoms with E-state index in [9.17, 15) is 61.5 Å². The number of hydrogen-bond donors (Lipinski definition) is 0. The highest BCUT2D eigenvalue weighted by Gasteiger charge is 2.54. The molecule has 144 valence electrons. The Morgan fingerprint density at radius 3 is 0.880 bits per heavy atom. The number of halogens is 14. The predicted molar refractivity (Wildman–Crippen MR) is 50.2 cm³/mol. The van der Waals surface area contributed by atoms with Crippen molar-refractivity contribution in [2.75, 3.05) is 0 Å². The summed E-state index contributed by atoms with van der Waals surface area (Å²) >= 11 is 0. The molecule has 0 aromatic carbocycles. The second kappa shape index (κ2) is 7.88. The molecule has 0 heterocycles. The van der Waals surface area contributed by atoms with Gasteiger partial charge in [0.1, 0.15) is 0 Å². The van der Waals surface area contributed by atoms with Gasteiger partial charge in [-0.05, 0) is 0 Å². The fourth-order valence-electron chi connectivity index (χ4n) is 0.865. The molecule has 0 bridgehead atoms. The first-order valence-electron chi connectivity index (χ1n) is 5.05. The van der Waals surface area contributed by atoms with E-state index in [2.05, 4.69) is 0 Å². The standard InChI is InChI=1S/C10F14O/c11-1(3(13)7(17)18)5(15)9(21,22)25-10(23,24)6(16)2(12)4(14)8(19)20. The van der Waals surface area contributed by atoms with Gasteiger partial charge in [-0.2, -0.15) is 52.7 Å². The first-order chi connectivity index (χ1) is 11.1. The quantitative estimate of drug-likeness (QED) is 0.357. The summed E-state index contributed by atoms with van der Waals surface area (Å²) in [7, 11) is 0. The van der Waals surface area contributed by atoms with Gasteiger partial charge in [0.2, 0.25) is 35.0 Å². The third-order valence-corrected chi connectivity index (χ3v) is 1.87. The zero-order valence-electron chi connectivity index (χ0n) is 10.7. The first kappa shape index (κ1) is 22.9. The van der Waals surface area contributed by atoms with Crippen molar-refractivity contribution in [3.8, 4) is 0 Å². The van der Waals surface area contributed by atoms with Crippen molar-refractivity contribution in [1.82, 2.24) is 0 Å². The number of ether oxygens (including phenoxy) is 1. The second-order valence-corrected chi connectivity index (χ2v) is 3.54. The van der Waals surface area contributed by atoms with E-state index < -0.39 is 59.3 Å². The lowest BCUT2D eigenvalue weighted by molar-refractivity contribution is -0.354. The first-order valence-corrected chi connectivity index (χ1v) is 5.05. The highest BCUT2D eigenvalue weighted by molar-refractivity contribution is 5.26. The molecule has 0 amide bonds.